The van der Waals surface area contributed by atoms with Crippen LogP contribution in [0.1, 0.15) is 6.42 Å². The van der Waals surface area contributed by atoms with Crippen LogP contribution in [0.25, 0.3) is 0 Å². The summed E-state index contributed by atoms with van der Waals surface area (Å²) in [7, 11) is 3.51. The highest BCUT2D eigenvalue weighted by atomic mass is 16.5. The van der Waals surface area contributed by atoms with Crippen molar-refractivity contribution in [3.05, 3.63) is 0 Å². The van der Waals surface area contributed by atoms with Crippen LogP contribution in [0.3, 0.4) is 0 Å². The van der Waals surface area contributed by atoms with Crippen molar-refractivity contribution in [3.8, 4) is 0 Å². The molecule has 1 aliphatic heterocycles. The molecule has 1 heterocycles. The van der Waals surface area contributed by atoms with Crippen LogP contribution in [0, 0.1) is 0 Å². The van der Waals surface area contributed by atoms with Crippen molar-refractivity contribution in [1.82, 2.24) is 0 Å². The molecule has 12 heavy (non-hydrogen) atoms. The predicted octanol–water partition coefficient (Wildman–Crippen LogP) is -0.0162. The summed E-state index contributed by atoms with van der Waals surface area (Å²) in [5, 5.41) is 0. The standard InChI is InChI=1S/C8H16NO3/c1-9(5-6-12-7-9)4-3-8(10)11-2/h3-7H2,1-2H3/q+1/t9-/m1/s1. The normalized spacial score (nSPS) is 28.8. The molecule has 0 spiro atoms. The van der Waals surface area contributed by atoms with Crippen molar-refractivity contribution in [2.45, 2.75) is 6.42 Å². The number of carbonyl (C=O) groups excluding carboxylic acids is 1. The van der Waals surface area contributed by atoms with Gasteiger partial charge in [0.25, 0.3) is 0 Å². The minimum Gasteiger partial charge on any atom is -0.469 e. The largest absolute Gasteiger partial charge is 0.469 e. The smallest absolute Gasteiger partial charge is 0.311 e. The summed E-state index contributed by atoms with van der Waals surface area (Å²) in [5.74, 6) is -0.138. The van der Waals surface area contributed by atoms with E-state index in [-0.39, 0.29) is 5.97 Å². The molecule has 0 aromatic carbocycles. The molecule has 1 saturated heterocycles. The zero-order valence-electron chi connectivity index (χ0n) is 7.71. The van der Waals surface area contributed by atoms with Gasteiger partial charge in [0.15, 0.2) is 6.73 Å². The number of esters is 1. The van der Waals surface area contributed by atoms with Crippen molar-refractivity contribution >= 4 is 5.97 Å². The molecule has 0 radical (unpaired) electrons. The molecule has 70 valence electrons. The SMILES string of the molecule is COC(=O)CC[N@+]1(C)CCOC1. The van der Waals surface area contributed by atoms with Gasteiger partial charge in [-0.15, -0.1) is 0 Å². The monoisotopic (exact) mass is 174 g/mol. The number of quaternary nitrogens is 1. The number of ether oxygens (including phenoxy) is 2. The number of nitrogens with zero attached hydrogens (tertiary/aromatic N) is 1. The molecule has 1 fully saturated rings. The van der Waals surface area contributed by atoms with E-state index < -0.39 is 0 Å². The van der Waals surface area contributed by atoms with E-state index in [0.29, 0.717) is 6.42 Å². The maximum atomic E-state index is 10.8. The summed E-state index contributed by atoms with van der Waals surface area (Å²) in [4.78, 5) is 10.8. The second kappa shape index (κ2) is 3.87. The molecule has 0 saturated carbocycles. The van der Waals surface area contributed by atoms with Gasteiger partial charge in [0.05, 0.1) is 27.1 Å². The molecule has 1 rings (SSSR count). The Labute approximate surface area is 72.6 Å². The van der Waals surface area contributed by atoms with Crippen LogP contribution in [0.15, 0.2) is 0 Å². The molecule has 1 aliphatic rings. The number of methoxy groups -OCH3 is 1. The molecule has 4 heteroatoms. The average Bonchev–Trinajstić information content (AvgIpc) is 2.49. The number of carbonyl (C=O) groups is 1. The van der Waals surface area contributed by atoms with E-state index in [1.54, 1.807) is 0 Å². The summed E-state index contributed by atoms with van der Waals surface area (Å²) < 4.78 is 10.6. The summed E-state index contributed by atoms with van der Waals surface area (Å²) in [5.41, 5.74) is 0. The van der Waals surface area contributed by atoms with Crippen LogP contribution in [0.2, 0.25) is 0 Å². The van der Waals surface area contributed by atoms with Crippen LogP contribution in [-0.4, -0.2) is 51.0 Å². The van der Waals surface area contributed by atoms with E-state index in [1.807, 2.05) is 0 Å². The number of hydrogen-bond donors (Lipinski definition) is 0. The molecular weight excluding hydrogens is 158 g/mol. The third-order valence-corrected chi connectivity index (χ3v) is 2.26. The first-order valence-electron chi connectivity index (χ1n) is 4.14. The van der Waals surface area contributed by atoms with Gasteiger partial charge in [-0.3, -0.25) is 4.79 Å². The summed E-state index contributed by atoms with van der Waals surface area (Å²) in [6.07, 6.45) is 0.482. The summed E-state index contributed by atoms with van der Waals surface area (Å²) in [6.45, 7) is 3.33. The van der Waals surface area contributed by atoms with Gasteiger partial charge in [0.1, 0.15) is 13.2 Å². The van der Waals surface area contributed by atoms with Gasteiger partial charge in [-0.2, -0.15) is 0 Å². The van der Waals surface area contributed by atoms with Crippen molar-refractivity contribution < 1.29 is 18.8 Å². The third kappa shape index (κ3) is 2.46. The number of likely N-dealkylation sites (N-methyl/N-ethyl adjacent to an activating group) is 1. The lowest BCUT2D eigenvalue weighted by atomic mass is 10.3. The van der Waals surface area contributed by atoms with E-state index in [0.717, 1.165) is 30.9 Å². The molecule has 0 aliphatic carbocycles. The van der Waals surface area contributed by atoms with Crippen LogP contribution in [0.5, 0.6) is 0 Å². The van der Waals surface area contributed by atoms with Gasteiger partial charge in [-0.1, -0.05) is 0 Å². The van der Waals surface area contributed by atoms with Crippen LogP contribution >= 0.6 is 0 Å². The topological polar surface area (TPSA) is 35.5 Å². The van der Waals surface area contributed by atoms with Gasteiger partial charge < -0.3 is 14.0 Å². The van der Waals surface area contributed by atoms with Crippen molar-refractivity contribution in [3.63, 3.8) is 0 Å². The van der Waals surface area contributed by atoms with Crippen LogP contribution < -0.4 is 0 Å². The number of rotatable bonds is 3. The molecule has 0 amide bonds. The first-order valence-corrected chi connectivity index (χ1v) is 4.14. The minimum atomic E-state index is -0.138. The highest BCUT2D eigenvalue weighted by molar-refractivity contribution is 5.69. The molecule has 1 atom stereocenters. The van der Waals surface area contributed by atoms with Crippen molar-refractivity contribution in [2.24, 2.45) is 0 Å². The van der Waals surface area contributed by atoms with Gasteiger partial charge in [-0.25, -0.2) is 0 Å². The maximum absolute atomic E-state index is 10.8. The van der Waals surface area contributed by atoms with Crippen LogP contribution in [0.4, 0.5) is 0 Å². The summed E-state index contributed by atoms with van der Waals surface area (Å²) >= 11 is 0. The molecule has 0 N–H and O–H groups in total. The lowest BCUT2D eigenvalue weighted by molar-refractivity contribution is -0.906. The Balaban J connectivity index is 2.25. The van der Waals surface area contributed by atoms with E-state index in [9.17, 15) is 4.79 Å². The predicted molar refractivity (Wildman–Crippen MR) is 43.4 cm³/mol. The van der Waals surface area contributed by atoms with E-state index in [2.05, 4.69) is 11.8 Å². The minimum absolute atomic E-state index is 0.138. The fraction of sp³-hybridized carbons (Fsp3) is 0.875. The number of hydrogen-bond acceptors (Lipinski definition) is 3. The summed E-state index contributed by atoms with van der Waals surface area (Å²) in [6, 6.07) is 0. The fourth-order valence-corrected chi connectivity index (χ4v) is 1.27. The Hall–Kier alpha value is -0.610. The zero-order chi connectivity index (χ0) is 9.03. The van der Waals surface area contributed by atoms with E-state index >= 15 is 0 Å². The fourth-order valence-electron chi connectivity index (χ4n) is 1.27. The maximum Gasteiger partial charge on any atom is 0.311 e. The van der Waals surface area contributed by atoms with Crippen LogP contribution in [-0.2, 0) is 14.3 Å². The van der Waals surface area contributed by atoms with Gasteiger partial charge in [-0.05, 0) is 0 Å². The highest BCUT2D eigenvalue weighted by Crippen LogP contribution is 2.10. The quantitative estimate of drug-likeness (QED) is 0.445. The van der Waals surface area contributed by atoms with Gasteiger partial charge >= 0.3 is 5.97 Å². The van der Waals surface area contributed by atoms with Gasteiger partial charge in [0.2, 0.25) is 0 Å². The second-order valence-electron chi connectivity index (χ2n) is 3.43. The first-order chi connectivity index (χ1) is 5.66. The molecule has 0 aromatic heterocycles. The lowest BCUT2D eigenvalue weighted by Gasteiger charge is -2.26. The second-order valence-corrected chi connectivity index (χ2v) is 3.43. The van der Waals surface area contributed by atoms with E-state index in [1.165, 1.54) is 7.11 Å². The van der Waals surface area contributed by atoms with Gasteiger partial charge in [0, 0.05) is 0 Å². The average molecular weight is 174 g/mol. The Morgan fingerprint density at radius 2 is 2.42 bits per heavy atom. The molecule has 0 unspecified atom stereocenters. The lowest BCUT2D eigenvalue weighted by Crippen LogP contribution is -2.42. The molecule has 4 nitrogen and oxygen atoms in total. The van der Waals surface area contributed by atoms with Crippen molar-refractivity contribution in [2.75, 3.05) is 40.6 Å². The Kier molecular flexibility index (Phi) is 3.05. The highest BCUT2D eigenvalue weighted by Gasteiger charge is 2.27. The Morgan fingerprint density at radius 3 is 2.92 bits per heavy atom. The molecule has 0 aromatic rings. The zero-order valence-corrected chi connectivity index (χ0v) is 7.71. The van der Waals surface area contributed by atoms with Crippen molar-refractivity contribution in [1.29, 1.82) is 0 Å². The Bertz CT molecular complexity index is 164. The third-order valence-electron chi connectivity index (χ3n) is 2.26. The molecule has 0 bridgehead atoms. The molecular formula is C8H16NO3+. The van der Waals surface area contributed by atoms with E-state index in [4.69, 9.17) is 4.74 Å². The Morgan fingerprint density at radius 1 is 1.67 bits per heavy atom. The first kappa shape index (κ1) is 9.48.